The minimum absolute atomic E-state index is 0.0577. The van der Waals surface area contributed by atoms with Gasteiger partial charge in [0, 0.05) is 23.6 Å². The molecule has 4 aromatic rings. The predicted octanol–water partition coefficient (Wildman–Crippen LogP) is 5.28. The number of carbonyl (C=O) groups is 7. The van der Waals surface area contributed by atoms with E-state index in [4.69, 9.17) is 5.73 Å². The normalized spacial score (nSPS) is 16.8. The van der Waals surface area contributed by atoms with Gasteiger partial charge in [-0.2, -0.15) is 0 Å². The topological polar surface area (TPSA) is 220 Å². The first-order valence-electron chi connectivity index (χ1n) is 18.2. The van der Waals surface area contributed by atoms with E-state index in [2.05, 4.69) is 10.6 Å². The number of anilines is 3. The van der Waals surface area contributed by atoms with Crippen LogP contribution in [0.15, 0.2) is 115 Å². The zero-order chi connectivity index (χ0) is 41.4. The van der Waals surface area contributed by atoms with Crippen molar-refractivity contribution >= 4 is 58.7 Å². The van der Waals surface area contributed by atoms with Crippen LogP contribution >= 0.6 is 0 Å². The van der Waals surface area contributed by atoms with E-state index in [9.17, 15) is 43.8 Å². The lowest BCUT2D eigenvalue weighted by Crippen LogP contribution is -2.60. The number of ketones is 1. The van der Waals surface area contributed by atoms with Crippen molar-refractivity contribution in [3.05, 3.63) is 126 Å². The number of amides is 6. The third-order valence-corrected chi connectivity index (χ3v) is 9.61. The first-order valence-corrected chi connectivity index (χ1v) is 18.2. The van der Waals surface area contributed by atoms with Gasteiger partial charge < -0.3 is 31.5 Å². The fraction of sp³-hybridized carbons (Fsp3) is 0.262. The minimum atomic E-state index is -2.31. The van der Waals surface area contributed by atoms with Crippen LogP contribution in [0, 0.1) is 5.92 Å². The number of hydrogen-bond donors (Lipinski definition) is 5. The lowest BCUT2D eigenvalue weighted by molar-refractivity contribution is -0.148. The second-order valence-corrected chi connectivity index (χ2v) is 14.2. The van der Waals surface area contributed by atoms with Gasteiger partial charge in [0.15, 0.2) is 11.8 Å². The Hall–Kier alpha value is -6.87. The average molecular weight is 777 g/mol. The zero-order valence-electron chi connectivity index (χ0n) is 31.6. The molecule has 0 bridgehead atoms. The number of nitrogens with one attached hydrogen (secondary N) is 2. The number of Topliss-reactive ketones (excluding diaryl/α,β-unsaturated/α-hetero) is 1. The van der Waals surface area contributed by atoms with Gasteiger partial charge in [0.05, 0.1) is 12.5 Å². The van der Waals surface area contributed by atoms with E-state index in [1.807, 2.05) is 6.07 Å². The van der Waals surface area contributed by atoms with Crippen LogP contribution in [0.2, 0.25) is 0 Å². The Bertz CT molecular complexity index is 2120. The molecule has 1 fully saturated rings. The molecule has 4 atom stereocenters. The Labute approximate surface area is 329 Å². The monoisotopic (exact) mass is 776 g/mol. The molecule has 57 heavy (non-hydrogen) atoms. The van der Waals surface area contributed by atoms with Gasteiger partial charge in [-0.05, 0) is 66.8 Å². The average Bonchev–Trinajstić information content (AvgIpc) is 3.37. The lowest BCUT2D eigenvalue weighted by Gasteiger charge is -2.34. The van der Waals surface area contributed by atoms with E-state index >= 15 is 0 Å². The maximum Gasteiger partial charge on any atom is 0.334 e. The van der Waals surface area contributed by atoms with Gasteiger partial charge in [0.2, 0.25) is 5.91 Å². The van der Waals surface area contributed by atoms with Crippen LogP contribution in [0.25, 0.3) is 0 Å². The molecule has 0 radical (unpaired) electrons. The molecule has 0 saturated carbocycles. The van der Waals surface area contributed by atoms with E-state index in [0.29, 0.717) is 27.4 Å². The van der Waals surface area contributed by atoms with Crippen LogP contribution < -0.4 is 21.3 Å². The Kier molecular flexibility index (Phi) is 12.8. The van der Waals surface area contributed by atoms with E-state index in [1.54, 1.807) is 106 Å². The smallest absolute Gasteiger partial charge is 0.334 e. The lowest BCUT2D eigenvalue weighted by atomic mass is 9.88. The van der Waals surface area contributed by atoms with Gasteiger partial charge >= 0.3 is 24.0 Å². The number of carbonyl (C=O) groups excluding carboxylic acids is 5. The number of carboxylic acids is 2. The summed E-state index contributed by atoms with van der Waals surface area (Å²) in [5.41, 5.74) is 6.25. The number of para-hydroxylation sites is 2. The summed E-state index contributed by atoms with van der Waals surface area (Å²) in [6.45, 7) is 4.87. The van der Waals surface area contributed by atoms with Gasteiger partial charge in [0.25, 0.3) is 5.91 Å². The number of nitrogens with zero attached hydrogens (tertiary/aromatic N) is 3. The minimum Gasteiger partial charge on any atom is -0.481 e. The first-order chi connectivity index (χ1) is 27.1. The summed E-state index contributed by atoms with van der Waals surface area (Å²) in [7, 11) is 0. The van der Waals surface area contributed by atoms with Crippen molar-refractivity contribution in [2.45, 2.75) is 63.8 Å². The van der Waals surface area contributed by atoms with Crippen LogP contribution in [0.5, 0.6) is 0 Å². The first kappa shape index (κ1) is 41.3. The quantitative estimate of drug-likeness (QED) is 0.0732. The molecule has 1 saturated heterocycles. The second-order valence-electron chi connectivity index (χ2n) is 14.2. The maximum absolute atomic E-state index is 14.8. The highest BCUT2D eigenvalue weighted by atomic mass is 16.4. The molecule has 5 rings (SSSR count). The van der Waals surface area contributed by atoms with Gasteiger partial charge in [-0.1, -0.05) is 92.7 Å². The number of nitrogens with two attached hydrogens (primary N) is 1. The highest BCUT2D eigenvalue weighted by molar-refractivity contribution is 6.18. The third kappa shape index (κ3) is 9.16. The van der Waals surface area contributed by atoms with Crippen molar-refractivity contribution in [1.82, 2.24) is 9.80 Å². The Balaban J connectivity index is 1.52. The molecule has 15 heteroatoms. The molecule has 0 spiro atoms. The number of imide groups is 1. The summed E-state index contributed by atoms with van der Waals surface area (Å²) >= 11 is 0. The summed E-state index contributed by atoms with van der Waals surface area (Å²) in [5.74, 6) is -6.66. The van der Waals surface area contributed by atoms with Crippen molar-refractivity contribution in [2.75, 3.05) is 15.5 Å². The van der Waals surface area contributed by atoms with Crippen LogP contribution in [-0.2, 0) is 36.1 Å². The zero-order valence-corrected chi connectivity index (χ0v) is 31.6. The second kappa shape index (κ2) is 17.7. The SMILES string of the molecule is CC(C)CC(C(=O)[C@@H](C(=O)O)N(C(=O)[C@@H](N)CC(=O)O)c1ccccc1)N1C(=O)N(Cc2ccc(NC(=O)Nc3ccccc3)cc2)C(C)(c2ccccc2)C1=O. The van der Waals surface area contributed by atoms with Gasteiger partial charge in [-0.3, -0.25) is 29.0 Å². The largest absolute Gasteiger partial charge is 0.481 e. The number of urea groups is 2. The summed E-state index contributed by atoms with van der Waals surface area (Å²) in [6.07, 6.45) is -1.02. The Morgan fingerprint density at radius 2 is 1.30 bits per heavy atom. The van der Waals surface area contributed by atoms with Crippen LogP contribution in [-0.4, -0.2) is 79.7 Å². The molecule has 1 aliphatic heterocycles. The summed E-state index contributed by atoms with van der Waals surface area (Å²) in [6, 6.07) is 24.2. The molecular formula is C42H44N6O9. The molecular weight excluding hydrogens is 732 g/mol. The van der Waals surface area contributed by atoms with Crippen LogP contribution in [0.1, 0.15) is 44.7 Å². The molecule has 296 valence electrons. The third-order valence-electron chi connectivity index (χ3n) is 9.61. The maximum atomic E-state index is 14.8. The van der Waals surface area contributed by atoms with E-state index in [1.165, 1.54) is 29.2 Å². The molecule has 1 aliphatic rings. The molecule has 2 unspecified atom stereocenters. The van der Waals surface area contributed by atoms with Crippen LogP contribution in [0.3, 0.4) is 0 Å². The molecule has 0 aliphatic carbocycles. The molecule has 4 aromatic carbocycles. The highest BCUT2D eigenvalue weighted by Crippen LogP contribution is 2.41. The number of aliphatic carboxylic acids is 2. The van der Waals surface area contributed by atoms with E-state index in [0.717, 1.165) is 4.90 Å². The highest BCUT2D eigenvalue weighted by Gasteiger charge is 2.59. The van der Waals surface area contributed by atoms with Crippen molar-refractivity contribution in [3.8, 4) is 0 Å². The van der Waals surface area contributed by atoms with Gasteiger partial charge in [0.1, 0.15) is 11.6 Å². The molecule has 6 amide bonds. The fourth-order valence-electron chi connectivity index (χ4n) is 6.77. The van der Waals surface area contributed by atoms with Crippen molar-refractivity contribution < 1.29 is 43.8 Å². The summed E-state index contributed by atoms with van der Waals surface area (Å²) in [5, 5.41) is 25.5. The summed E-state index contributed by atoms with van der Waals surface area (Å²) in [4.78, 5) is 98.0. The molecule has 6 N–H and O–H groups in total. The standard InChI is InChI=1S/C42H44N6O9/c1-26(2)23-33(36(51)35(38(53)54)47(31-17-11-6-12-18-31)37(52)32(43)24-34(49)50)48-39(55)42(3,28-13-7-4-8-14-28)46(41(48)57)25-27-19-21-30(22-20-27)45-40(56)44-29-15-9-5-10-16-29/h4-22,26,32-33,35H,23-25,43H2,1-3H3,(H,49,50)(H,53,54)(H2,44,45,56)/t32-,33?,35-,42?/m0/s1. The number of rotatable bonds is 16. The Morgan fingerprint density at radius 3 is 1.82 bits per heavy atom. The fourth-order valence-corrected chi connectivity index (χ4v) is 6.77. The number of carboxylic acid groups (broad SMARTS) is 2. The van der Waals surface area contributed by atoms with Gasteiger partial charge in [-0.15, -0.1) is 0 Å². The summed E-state index contributed by atoms with van der Waals surface area (Å²) < 4.78 is 0. The van der Waals surface area contributed by atoms with Crippen molar-refractivity contribution in [2.24, 2.45) is 11.7 Å². The number of hydrogen-bond acceptors (Lipinski definition) is 8. The van der Waals surface area contributed by atoms with Crippen LogP contribution in [0.4, 0.5) is 26.7 Å². The molecule has 0 aromatic heterocycles. The van der Waals surface area contributed by atoms with E-state index in [-0.39, 0.29) is 24.6 Å². The van der Waals surface area contributed by atoms with Gasteiger partial charge in [-0.25, -0.2) is 14.4 Å². The van der Waals surface area contributed by atoms with Crippen molar-refractivity contribution in [3.63, 3.8) is 0 Å². The van der Waals surface area contributed by atoms with E-state index < -0.39 is 71.7 Å². The predicted molar refractivity (Wildman–Crippen MR) is 211 cm³/mol. The molecule has 15 nitrogen and oxygen atoms in total. The molecule has 1 heterocycles. The number of benzene rings is 4. The Morgan fingerprint density at radius 1 is 0.772 bits per heavy atom. The van der Waals surface area contributed by atoms with Crippen molar-refractivity contribution in [1.29, 1.82) is 0 Å².